The van der Waals surface area contributed by atoms with Crippen molar-refractivity contribution in [3.05, 3.63) is 36.0 Å². The lowest BCUT2D eigenvalue weighted by atomic mass is 10.0. The molecule has 0 saturated heterocycles. The summed E-state index contributed by atoms with van der Waals surface area (Å²) in [5, 5.41) is 42.7. The van der Waals surface area contributed by atoms with E-state index < -0.39 is 96.7 Å². The summed E-state index contributed by atoms with van der Waals surface area (Å²) in [4.78, 5) is 106. The van der Waals surface area contributed by atoms with Gasteiger partial charge >= 0.3 is 5.97 Å². The van der Waals surface area contributed by atoms with Crippen LogP contribution in [0.3, 0.4) is 0 Å². The van der Waals surface area contributed by atoms with E-state index in [0.29, 0.717) is 5.56 Å². The monoisotopic (exact) mass is 833 g/mol. The molecule has 16 N–H and O–H groups in total. The largest absolute Gasteiger partial charge is 0.481 e. The highest BCUT2D eigenvalue weighted by Crippen LogP contribution is 2.19. The van der Waals surface area contributed by atoms with Gasteiger partial charge in [-0.05, 0) is 42.7 Å². The fourth-order valence-electron chi connectivity index (χ4n) is 5.50. The first kappa shape index (κ1) is 50.7. The number of nitrogens with zero attached hydrogens (tertiary/aromatic N) is 1. The van der Waals surface area contributed by atoms with Gasteiger partial charge < -0.3 is 69.4 Å². The van der Waals surface area contributed by atoms with Crippen LogP contribution < -0.4 is 49.1 Å². The van der Waals surface area contributed by atoms with Crippen molar-refractivity contribution >= 4 is 64.2 Å². The predicted octanol–water partition coefficient (Wildman–Crippen LogP) is -2.87. The van der Waals surface area contributed by atoms with Gasteiger partial charge in [0.15, 0.2) is 5.96 Å². The first-order chi connectivity index (χ1) is 27.7. The number of fused-ring (bicyclic) bond motifs is 1. The summed E-state index contributed by atoms with van der Waals surface area (Å²) in [6.45, 7) is 6.32. The Hall–Kier alpha value is -6.29. The Morgan fingerprint density at radius 3 is 1.93 bits per heavy atom. The lowest BCUT2D eigenvalue weighted by Gasteiger charge is -2.26. The molecule has 0 saturated carbocycles. The minimum Gasteiger partial charge on any atom is -0.481 e. The Morgan fingerprint density at radius 1 is 0.780 bits per heavy atom. The number of aliphatic hydroxyl groups is 1. The number of aromatic amines is 1. The molecule has 5 atom stereocenters. The second-order valence-electron chi connectivity index (χ2n) is 14.2. The minimum atomic E-state index is -1.53. The van der Waals surface area contributed by atoms with Crippen LogP contribution in [0.2, 0.25) is 0 Å². The number of benzene rings is 1. The molecule has 0 aliphatic carbocycles. The third-order valence-corrected chi connectivity index (χ3v) is 8.34. The molecule has 0 radical (unpaired) electrons. The topological polar surface area (TPSA) is 376 Å². The average Bonchev–Trinajstić information content (AvgIpc) is 3.56. The van der Waals surface area contributed by atoms with Crippen molar-refractivity contribution in [2.45, 2.75) is 90.5 Å². The molecule has 2 aromatic rings. The van der Waals surface area contributed by atoms with E-state index in [1.54, 1.807) is 40.0 Å². The van der Waals surface area contributed by atoms with Crippen LogP contribution in [0.25, 0.3) is 10.9 Å². The molecule has 0 aliphatic heterocycles. The predicted molar refractivity (Wildman–Crippen MR) is 216 cm³/mol. The van der Waals surface area contributed by atoms with Gasteiger partial charge in [0.1, 0.15) is 30.2 Å². The molecule has 0 fully saturated rings. The highest BCUT2D eigenvalue weighted by atomic mass is 16.4. The first-order valence-electron chi connectivity index (χ1n) is 18.8. The van der Waals surface area contributed by atoms with Crippen molar-refractivity contribution < 1.29 is 53.7 Å². The van der Waals surface area contributed by atoms with Gasteiger partial charge in [-0.15, -0.1) is 0 Å². The second-order valence-corrected chi connectivity index (χ2v) is 14.2. The number of carboxylic acids is 2. The number of nitrogens with one attached hydrogen (secondary N) is 7. The summed E-state index contributed by atoms with van der Waals surface area (Å²) < 4.78 is 0. The number of aliphatic hydroxyl groups excluding tert-OH is 1. The molecule has 1 aromatic heterocycles. The second kappa shape index (κ2) is 25.9. The third kappa shape index (κ3) is 19.1. The Balaban J connectivity index is 0.00000415. The average molecular weight is 834 g/mol. The smallest absolute Gasteiger partial charge is 0.326 e. The number of para-hydroxylation sites is 1. The zero-order valence-electron chi connectivity index (χ0n) is 33.9. The number of amides is 6. The molecule has 0 unspecified atom stereocenters. The molecule has 1 heterocycles. The molecule has 1 aromatic carbocycles. The number of aliphatic imine (C=N–C) groups is 1. The number of aromatic nitrogens is 1. The number of hydrogen-bond donors (Lipinski definition) is 13. The highest BCUT2D eigenvalue weighted by molar-refractivity contribution is 5.96. The van der Waals surface area contributed by atoms with E-state index in [9.17, 15) is 43.8 Å². The van der Waals surface area contributed by atoms with Crippen molar-refractivity contribution in [2.75, 3.05) is 26.2 Å². The lowest BCUT2D eigenvalue weighted by Crippen LogP contribution is -2.59. The van der Waals surface area contributed by atoms with E-state index in [0.717, 1.165) is 17.8 Å². The molecule has 22 heteroatoms. The summed E-state index contributed by atoms with van der Waals surface area (Å²) >= 11 is 0. The number of rotatable bonds is 23. The summed E-state index contributed by atoms with van der Waals surface area (Å²) in [6.07, 6.45) is 2.00. The van der Waals surface area contributed by atoms with E-state index in [1.807, 2.05) is 18.2 Å². The third-order valence-electron chi connectivity index (χ3n) is 8.34. The normalized spacial score (nSPS) is 13.3. The van der Waals surface area contributed by atoms with Gasteiger partial charge in [-0.3, -0.25) is 38.6 Å². The van der Waals surface area contributed by atoms with Gasteiger partial charge in [0.2, 0.25) is 35.4 Å². The van der Waals surface area contributed by atoms with E-state index in [2.05, 4.69) is 41.9 Å². The molecule has 2 rings (SSSR count). The zero-order valence-corrected chi connectivity index (χ0v) is 33.9. The SMILES string of the molecule is CC(=O)O.CC(C)C[C@H](NC(=O)CNC(=O)[C@H](Cc1c[nH]c2ccccc12)NC(=O)[C@H](CO)NC(=O)[C@@H](NC(=O)CN)C(C)C)C(=O)N[C@@H](CCCN=C(N)N)C(=O)O. The maximum atomic E-state index is 13.6. The minimum absolute atomic E-state index is 0.0176. The molecule has 0 bridgehead atoms. The number of guanidine groups is 1. The van der Waals surface area contributed by atoms with Gasteiger partial charge in [-0.25, -0.2) is 4.79 Å². The molecule has 59 heavy (non-hydrogen) atoms. The van der Waals surface area contributed by atoms with Crippen LogP contribution in [0, 0.1) is 11.8 Å². The van der Waals surface area contributed by atoms with Gasteiger partial charge in [-0.1, -0.05) is 45.9 Å². The summed E-state index contributed by atoms with van der Waals surface area (Å²) in [5.41, 5.74) is 17.4. The van der Waals surface area contributed by atoms with Gasteiger partial charge in [0.05, 0.1) is 19.7 Å². The van der Waals surface area contributed by atoms with E-state index in [4.69, 9.17) is 27.1 Å². The van der Waals surface area contributed by atoms with Crippen LogP contribution in [0.15, 0.2) is 35.5 Å². The number of aliphatic carboxylic acids is 2. The summed E-state index contributed by atoms with van der Waals surface area (Å²) in [5.74, 6) is -7.39. The van der Waals surface area contributed by atoms with E-state index in [-0.39, 0.29) is 50.7 Å². The quantitative estimate of drug-likeness (QED) is 0.0304. The Labute approximate surface area is 341 Å². The van der Waals surface area contributed by atoms with Crippen molar-refractivity contribution in [1.29, 1.82) is 0 Å². The van der Waals surface area contributed by atoms with Crippen molar-refractivity contribution in [1.82, 2.24) is 36.9 Å². The highest BCUT2D eigenvalue weighted by Gasteiger charge is 2.32. The number of carboxylic acid groups (broad SMARTS) is 2. The van der Waals surface area contributed by atoms with Crippen molar-refractivity contribution in [3.63, 3.8) is 0 Å². The molecule has 6 amide bonds. The molecular formula is C37H59N11O11. The standard InChI is InChI=1S/C35H55N11O9.C2H4O2/c1-18(2)12-24(31(51)43-23(34(54)55)10-7-11-39-35(37)38)42-28(49)16-41-30(50)25(13-20-15-40-22-9-6-5-8-21(20)22)44-32(52)26(17-47)45-33(53)29(19(3)4)46-27(48)14-36;1-2(3)4/h5-6,8-9,15,18-19,23-26,29,40,47H,7,10-14,16-17,36H2,1-4H3,(H,41,50)(H,42,49)(H,43,51)(H,44,52)(H,45,53)(H,46,48)(H,54,55)(H4,37,38,39);1H3,(H,3,4)/t23-,24-,25-,26-,29-;/m0./s1. The van der Waals surface area contributed by atoms with Gasteiger partial charge in [0.25, 0.3) is 5.97 Å². The summed E-state index contributed by atoms with van der Waals surface area (Å²) in [7, 11) is 0. The van der Waals surface area contributed by atoms with Crippen LogP contribution >= 0.6 is 0 Å². The van der Waals surface area contributed by atoms with Crippen LogP contribution in [-0.2, 0) is 44.8 Å². The Bertz CT molecular complexity index is 1770. The van der Waals surface area contributed by atoms with Crippen LogP contribution in [-0.4, -0.2) is 130 Å². The lowest BCUT2D eigenvalue weighted by molar-refractivity contribution is -0.142. The maximum absolute atomic E-state index is 13.6. The molecular weight excluding hydrogens is 774 g/mol. The number of carbonyl (C=O) groups is 8. The molecule has 0 spiro atoms. The van der Waals surface area contributed by atoms with Gasteiger partial charge in [0, 0.05) is 37.0 Å². The van der Waals surface area contributed by atoms with Crippen LogP contribution in [0.1, 0.15) is 59.4 Å². The van der Waals surface area contributed by atoms with Crippen molar-refractivity contribution in [3.8, 4) is 0 Å². The number of nitrogens with two attached hydrogens (primary N) is 3. The first-order valence-corrected chi connectivity index (χ1v) is 18.8. The van der Waals surface area contributed by atoms with Crippen LogP contribution in [0.4, 0.5) is 0 Å². The number of H-pyrrole nitrogens is 1. The fraction of sp³-hybridized carbons (Fsp3) is 0.541. The fourth-order valence-corrected chi connectivity index (χ4v) is 5.50. The molecule has 328 valence electrons. The zero-order chi connectivity index (χ0) is 44.8. The van der Waals surface area contributed by atoms with E-state index >= 15 is 0 Å². The maximum Gasteiger partial charge on any atom is 0.326 e. The summed E-state index contributed by atoms with van der Waals surface area (Å²) in [6, 6.07) is 0.869. The van der Waals surface area contributed by atoms with Gasteiger partial charge in [-0.2, -0.15) is 0 Å². The number of hydrogen-bond acceptors (Lipinski definition) is 11. The van der Waals surface area contributed by atoms with Crippen molar-refractivity contribution in [2.24, 2.45) is 34.0 Å². The Morgan fingerprint density at radius 2 is 1.37 bits per heavy atom. The van der Waals surface area contributed by atoms with Crippen LogP contribution in [0.5, 0.6) is 0 Å². The molecule has 0 aliphatic rings. The van der Waals surface area contributed by atoms with E-state index in [1.165, 1.54) is 0 Å². The number of carbonyl (C=O) groups excluding carboxylic acids is 6. The molecule has 22 nitrogen and oxygen atoms in total. The Kier molecular flexibility index (Phi) is 22.2.